The molecule has 0 unspecified atom stereocenters. The number of ether oxygens (including phenoxy) is 1. The zero-order valence-corrected chi connectivity index (χ0v) is 13.3. The van der Waals surface area contributed by atoms with Crippen LogP contribution in [-0.2, 0) is 11.3 Å². The first-order valence-corrected chi connectivity index (χ1v) is 7.88. The van der Waals surface area contributed by atoms with Gasteiger partial charge in [0.2, 0.25) is 0 Å². The van der Waals surface area contributed by atoms with E-state index in [0.29, 0.717) is 0 Å². The van der Waals surface area contributed by atoms with Crippen LogP contribution in [0, 0.1) is 13.8 Å². The van der Waals surface area contributed by atoms with Gasteiger partial charge in [0.1, 0.15) is 0 Å². The Morgan fingerprint density at radius 3 is 2.38 bits per heavy atom. The maximum absolute atomic E-state index is 9.29. The molecule has 4 heteroatoms. The monoisotopic (exact) mass is 292 g/mol. The highest BCUT2D eigenvalue weighted by Gasteiger charge is 2.12. The summed E-state index contributed by atoms with van der Waals surface area (Å²) >= 11 is 0. The summed E-state index contributed by atoms with van der Waals surface area (Å²) in [5.41, 5.74) is 3.95. The Labute approximate surface area is 128 Å². The van der Waals surface area contributed by atoms with Crippen molar-refractivity contribution in [1.29, 1.82) is 0 Å². The van der Waals surface area contributed by atoms with Gasteiger partial charge in [0, 0.05) is 39.3 Å². The molecule has 0 atom stereocenters. The van der Waals surface area contributed by atoms with Crippen molar-refractivity contribution in [3.05, 3.63) is 34.9 Å². The van der Waals surface area contributed by atoms with Crippen molar-refractivity contribution in [2.24, 2.45) is 0 Å². The van der Waals surface area contributed by atoms with E-state index in [4.69, 9.17) is 4.74 Å². The molecule has 1 N–H and O–H groups in total. The third-order valence-corrected chi connectivity index (χ3v) is 3.94. The average molecular weight is 292 g/mol. The summed E-state index contributed by atoms with van der Waals surface area (Å²) in [6.07, 6.45) is 0. The maximum atomic E-state index is 9.29. The summed E-state index contributed by atoms with van der Waals surface area (Å²) in [6, 6.07) is 6.69. The number of nitrogens with zero attached hydrogens (tertiary/aromatic N) is 2. The van der Waals surface area contributed by atoms with E-state index in [0.717, 1.165) is 52.5 Å². The van der Waals surface area contributed by atoms with Gasteiger partial charge in [-0.1, -0.05) is 29.3 Å². The lowest BCUT2D eigenvalue weighted by Crippen LogP contribution is -2.41. The lowest BCUT2D eigenvalue weighted by molar-refractivity contribution is 0.0320. The van der Waals surface area contributed by atoms with Crippen LogP contribution in [0.5, 0.6) is 0 Å². The first-order valence-electron chi connectivity index (χ1n) is 7.88. The number of hydrogen-bond acceptors (Lipinski definition) is 4. The summed E-state index contributed by atoms with van der Waals surface area (Å²) in [6.45, 7) is 11.9. The number of morpholine rings is 1. The molecule has 1 aliphatic heterocycles. The average Bonchev–Trinajstić information content (AvgIpc) is 2.45. The first kappa shape index (κ1) is 16.4. The fourth-order valence-corrected chi connectivity index (χ4v) is 2.94. The molecular weight excluding hydrogens is 264 g/mol. The van der Waals surface area contributed by atoms with Crippen molar-refractivity contribution in [3.63, 3.8) is 0 Å². The van der Waals surface area contributed by atoms with Crippen molar-refractivity contribution >= 4 is 0 Å². The highest BCUT2D eigenvalue weighted by Crippen LogP contribution is 2.11. The largest absolute Gasteiger partial charge is 0.395 e. The molecule has 0 aliphatic carbocycles. The fourth-order valence-electron chi connectivity index (χ4n) is 2.94. The number of aliphatic hydroxyl groups is 1. The number of aliphatic hydroxyl groups excluding tert-OH is 1. The third-order valence-electron chi connectivity index (χ3n) is 3.94. The second-order valence-electron chi connectivity index (χ2n) is 5.95. The Kier molecular flexibility index (Phi) is 6.64. The van der Waals surface area contributed by atoms with Crippen molar-refractivity contribution < 1.29 is 9.84 Å². The molecule has 118 valence electrons. The fraction of sp³-hybridized carbons (Fsp3) is 0.647. The van der Waals surface area contributed by atoms with Crippen LogP contribution in [0.4, 0.5) is 0 Å². The molecule has 2 rings (SSSR count). The van der Waals surface area contributed by atoms with E-state index in [1.807, 2.05) is 0 Å². The molecule has 1 saturated heterocycles. The van der Waals surface area contributed by atoms with E-state index < -0.39 is 0 Å². The molecular formula is C17H28N2O2. The molecule has 0 radical (unpaired) electrons. The number of aryl methyl sites for hydroxylation is 2. The van der Waals surface area contributed by atoms with Crippen molar-refractivity contribution in [2.45, 2.75) is 20.4 Å². The van der Waals surface area contributed by atoms with Crippen molar-refractivity contribution in [2.75, 3.05) is 52.5 Å². The first-order chi connectivity index (χ1) is 10.2. The van der Waals surface area contributed by atoms with E-state index in [9.17, 15) is 5.11 Å². The molecule has 21 heavy (non-hydrogen) atoms. The van der Waals surface area contributed by atoms with Crippen LogP contribution in [0.2, 0.25) is 0 Å². The standard InChI is InChI=1S/C17H28N2O2/c1-15-11-16(2)13-17(12-15)14-19(5-8-20)4-3-18-6-9-21-10-7-18/h11-13,20H,3-10,14H2,1-2H3. The SMILES string of the molecule is Cc1cc(C)cc(CN(CCO)CCN2CCOCC2)c1. The minimum Gasteiger partial charge on any atom is -0.395 e. The summed E-state index contributed by atoms with van der Waals surface area (Å²) in [7, 11) is 0. The predicted molar refractivity (Wildman–Crippen MR) is 85.5 cm³/mol. The van der Waals surface area contributed by atoms with Gasteiger partial charge in [0.05, 0.1) is 19.8 Å². The van der Waals surface area contributed by atoms with Crippen LogP contribution in [0.15, 0.2) is 18.2 Å². The normalized spacial score (nSPS) is 16.6. The molecule has 1 heterocycles. The van der Waals surface area contributed by atoms with Gasteiger partial charge in [-0.05, 0) is 19.4 Å². The maximum Gasteiger partial charge on any atom is 0.0594 e. The predicted octanol–water partition coefficient (Wildman–Crippen LogP) is 1.43. The lowest BCUT2D eigenvalue weighted by atomic mass is 10.1. The highest BCUT2D eigenvalue weighted by molar-refractivity contribution is 5.28. The van der Waals surface area contributed by atoms with E-state index in [-0.39, 0.29) is 6.61 Å². The highest BCUT2D eigenvalue weighted by atomic mass is 16.5. The minimum absolute atomic E-state index is 0.216. The third kappa shape index (κ3) is 5.75. The lowest BCUT2D eigenvalue weighted by Gasteiger charge is -2.30. The van der Waals surface area contributed by atoms with Gasteiger partial charge >= 0.3 is 0 Å². The van der Waals surface area contributed by atoms with E-state index in [1.165, 1.54) is 16.7 Å². The van der Waals surface area contributed by atoms with Crippen LogP contribution in [0.25, 0.3) is 0 Å². The van der Waals surface area contributed by atoms with Gasteiger partial charge < -0.3 is 9.84 Å². The molecule has 1 aromatic rings. The molecule has 0 amide bonds. The van der Waals surface area contributed by atoms with Crippen LogP contribution in [0.1, 0.15) is 16.7 Å². The van der Waals surface area contributed by atoms with Crippen molar-refractivity contribution in [3.8, 4) is 0 Å². The summed E-state index contributed by atoms with van der Waals surface area (Å²) < 4.78 is 5.38. The van der Waals surface area contributed by atoms with Crippen LogP contribution >= 0.6 is 0 Å². The van der Waals surface area contributed by atoms with Crippen LogP contribution in [-0.4, -0.2) is 67.5 Å². The Balaban J connectivity index is 1.88. The number of hydrogen-bond donors (Lipinski definition) is 1. The summed E-state index contributed by atoms with van der Waals surface area (Å²) in [5.74, 6) is 0. The van der Waals surface area contributed by atoms with E-state index >= 15 is 0 Å². The molecule has 0 aromatic heterocycles. The number of benzene rings is 1. The molecule has 1 fully saturated rings. The Bertz CT molecular complexity index is 411. The van der Waals surface area contributed by atoms with Gasteiger partial charge in [-0.15, -0.1) is 0 Å². The summed E-state index contributed by atoms with van der Waals surface area (Å²) in [4.78, 5) is 4.78. The van der Waals surface area contributed by atoms with Gasteiger partial charge in [-0.2, -0.15) is 0 Å². The minimum atomic E-state index is 0.216. The van der Waals surface area contributed by atoms with Crippen LogP contribution < -0.4 is 0 Å². The molecule has 0 saturated carbocycles. The number of rotatable bonds is 7. The van der Waals surface area contributed by atoms with Crippen molar-refractivity contribution in [1.82, 2.24) is 9.80 Å². The quantitative estimate of drug-likeness (QED) is 0.825. The molecule has 0 spiro atoms. The Morgan fingerprint density at radius 1 is 1.10 bits per heavy atom. The van der Waals surface area contributed by atoms with Gasteiger partial charge in [-0.25, -0.2) is 0 Å². The van der Waals surface area contributed by atoms with Gasteiger partial charge in [-0.3, -0.25) is 9.80 Å². The zero-order chi connectivity index (χ0) is 15.1. The van der Waals surface area contributed by atoms with Crippen LogP contribution in [0.3, 0.4) is 0 Å². The molecule has 1 aromatic carbocycles. The Morgan fingerprint density at radius 2 is 1.76 bits per heavy atom. The molecule has 4 nitrogen and oxygen atoms in total. The Hall–Kier alpha value is -0.940. The summed E-state index contributed by atoms with van der Waals surface area (Å²) in [5, 5.41) is 9.29. The van der Waals surface area contributed by atoms with Gasteiger partial charge in [0.15, 0.2) is 0 Å². The van der Waals surface area contributed by atoms with E-state index in [1.54, 1.807) is 0 Å². The van der Waals surface area contributed by atoms with E-state index in [2.05, 4.69) is 41.8 Å². The second-order valence-corrected chi connectivity index (χ2v) is 5.95. The topological polar surface area (TPSA) is 35.9 Å². The molecule has 0 bridgehead atoms. The molecule has 1 aliphatic rings. The smallest absolute Gasteiger partial charge is 0.0594 e. The zero-order valence-electron chi connectivity index (χ0n) is 13.3. The van der Waals surface area contributed by atoms with Gasteiger partial charge in [0.25, 0.3) is 0 Å². The second kappa shape index (κ2) is 8.49.